The molecular formula is C23H32N4O4S. The number of likely N-dealkylation sites (N-methyl/N-ethyl adjacent to an activating group) is 1. The Hall–Kier alpha value is -2.26. The van der Waals surface area contributed by atoms with Gasteiger partial charge in [-0.1, -0.05) is 0 Å². The molecule has 1 atom stereocenters. The third-order valence-corrected chi connectivity index (χ3v) is 7.65. The fourth-order valence-corrected chi connectivity index (χ4v) is 5.26. The van der Waals surface area contributed by atoms with E-state index >= 15 is 0 Å². The van der Waals surface area contributed by atoms with Gasteiger partial charge in [0.25, 0.3) is 0 Å². The van der Waals surface area contributed by atoms with Crippen LogP contribution in [0, 0.1) is 12.8 Å². The SMILES string of the molecule is CCN(CC1CCCO1)C(=O)C1CCN(c2nc(C)c3ccc(S(C)(=O)=O)cc3n2)CC1. The zero-order valence-corrected chi connectivity index (χ0v) is 19.9. The Labute approximate surface area is 189 Å². The number of fused-ring (bicyclic) bond motifs is 1. The second kappa shape index (κ2) is 9.31. The molecule has 2 aliphatic heterocycles. The number of aryl methyl sites for hydroxylation is 1. The summed E-state index contributed by atoms with van der Waals surface area (Å²) in [6, 6.07) is 4.98. The molecule has 1 unspecified atom stereocenters. The number of aromatic nitrogens is 2. The molecule has 0 radical (unpaired) electrons. The van der Waals surface area contributed by atoms with Gasteiger partial charge in [-0.05, 0) is 57.7 Å². The van der Waals surface area contributed by atoms with Crippen LogP contribution in [-0.2, 0) is 19.4 Å². The Morgan fingerprint density at radius 3 is 2.59 bits per heavy atom. The van der Waals surface area contributed by atoms with E-state index in [-0.39, 0.29) is 22.8 Å². The molecule has 8 nitrogen and oxygen atoms in total. The van der Waals surface area contributed by atoms with Gasteiger partial charge in [0, 0.05) is 50.3 Å². The minimum absolute atomic E-state index is 0.00555. The Morgan fingerprint density at radius 2 is 1.97 bits per heavy atom. The average Bonchev–Trinajstić information content (AvgIpc) is 3.29. The number of benzene rings is 1. The first kappa shape index (κ1) is 22.9. The Bertz CT molecular complexity index is 1090. The summed E-state index contributed by atoms with van der Waals surface area (Å²) in [5.41, 5.74) is 1.44. The van der Waals surface area contributed by atoms with E-state index in [9.17, 15) is 13.2 Å². The molecule has 9 heteroatoms. The summed E-state index contributed by atoms with van der Waals surface area (Å²) in [6.45, 7) is 7.52. The first-order valence-corrected chi connectivity index (χ1v) is 13.3. The van der Waals surface area contributed by atoms with Crippen molar-refractivity contribution < 1.29 is 17.9 Å². The van der Waals surface area contributed by atoms with Crippen molar-refractivity contribution >= 4 is 32.6 Å². The highest BCUT2D eigenvalue weighted by Gasteiger charge is 2.31. The maximum atomic E-state index is 13.1. The van der Waals surface area contributed by atoms with Gasteiger partial charge in [0.1, 0.15) is 0 Å². The van der Waals surface area contributed by atoms with Crippen LogP contribution in [0.5, 0.6) is 0 Å². The molecule has 3 heterocycles. The largest absolute Gasteiger partial charge is 0.376 e. The molecule has 0 spiro atoms. The number of hydrogen-bond acceptors (Lipinski definition) is 7. The number of amides is 1. The first-order chi connectivity index (χ1) is 15.3. The number of rotatable bonds is 6. The lowest BCUT2D eigenvalue weighted by molar-refractivity contribution is -0.137. The molecule has 0 aliphatic carbocycles. The van der Waals surface area contributed by atoms with Crippen molar-refractivity contribution in [3.8, 4) is 0 Å². The number of ether oxygens (including phenoxy) is 1. The maximum Gasteiger partial charge on any atom is 0.226 e. The standard InChI is InChI=1S/C23H32N4O4S/c1-4-26(15-18-6-5-13-31-18)22(28)17-9-11-27(12-10-17)23-24-16(2)20-8-7-19(32(3,29)30)14-21(20)25-23/h7-8,14,17-18H,4-6,9-13,15H2,1-3H3. The van der Waals surface area contributed by atoms with Crippen molar-refractivity contribution in [2.75, 3.05) is 43.9 Å². The molecule has 174 valence electrons. The molecule has 1 aromatic carbocycles. The lowest BCUT2D eigenvalue weighted by Gasteiger charge is -2.34. The van der Waals surface area contributed by atoms with Gasteiger partial charge in [-0.3, -0.25) is 4.79 Å². The van der Waals surface area contributed by atoms with Crippen LogP contribution in [-0.4, -0.2) is 74.3 Å². The number of hydrogen-bond donors (Lipinski definition) is 0. The smallest absolute Gasteiger partial charge is 0.226 e. The molecule has 2 saturated heterocycles. The Morgan fingerprint density at radius 1 is 1.22 bits per heavy atom. The molecule has 1 amide bonds. The predicted molar refractivity (Wildman–Crippen MR) is 124 cm³/mol. The number of nitrogens with zero attached hydrogens (tertiary/aromatic N) is 4. The zero-order valence-electron chi connectivity index (χ0n) is 19.1. The first-order valence-electron chi connectivity index (χ1n) is 11.4. The Balaban J connectivity index is 1.45. The summed E-state index contributed by atoms with van der Waals surface area (Å²) in [7, 11) is -3.31. The van der Waals surface area contributed by atoms with Crippen molar-refractivity contribution in [2.45, 2.75) is 50.5 Å². The van der Waals surface area contributed by atoms with Crippen LogP contribution >= 0.6 is 0 Å². The lowest BCUT2D eigenvalue weighted by atomic mass is 9.95. The molecular weight excluding hydrogens is 428 g/mol. The summed E-state index contributed by atoms with van der Waals surface area (Å²) < 4.78 is 29.6. The molecule has 32 heavy (non-hydrogen) atoms. The van der Waals surface area contributed by atoms with E-state index in [0.29, 0.717) is 37.6 Å². The van der Waals surface area contributed by atoms with Gasteiger partial charge in [-0.15, -0.1) is 0 Å². The highest BCUT2D eigenvalue weighted by atomic mass is 32.2. The van der Waals surface area contributed by atoms with E-state index in [1.54, 1.807) is 18.2 Å². The summed E-state index contributed by atoms with van der Waals surface area (Å²) in [5, 5.41) is 0.846. The minimum atomic E-state index is -3.31. The van der Waals surface area contributed by atoms with Gasteiger partial charge < -0.3 is 14.5 Å². The molecule has 0 bridgehead atoms. The van der Waals surface area contributed by atoms with E-state index in [1.165, 1.54) is 6.26 Å². The zero-order chi connectivity index (χ0) is 22.9. The van der Waals surface area contributed by atoms with E-state index in [0.717, 1.165) is 43.4 Å². The molecule has 2 fully saturated rings. The molecule has 0 N–H and O–H groups in total. The van der Waals surface area contributed by atoms with Gasteiger partial charge in [-0.25, -0.2) is 18.4 Å². The second-order valence-corrected chi connectivity index (χ2v) is 10.8. The second-order valence-electron chi connectivity index (χ2n) is 8.83. The summed E-state index contributed by atoms with van der Waals surface area (Å²) >= 11 is 0. The lowest BCUT2D eigenvalue weighted by Crippen LogP contribution is -2.45. The van der Waals surface area contributed by atoms with E-state index in [1.807, 2.05) is 18.7 Å². The van der Waals surface area contributed by atoms with Crippen molar-refractivity contribution in [1.29, 1.82) is 0 Å². The van der Waals surface area contributed by atoms with Crippen LogP contribution < -0.4 is 4.90 Å². The maximum absolute atomic E-state index is 13.1. The van der Waals surface area contributed by atoms with Gasteiger partial charge >= 0.3 is 0 Å². The topological polar surface area (TPSA) is 92.7 Å². The third kappa shape index (κ3) is 4.88. The number of carbonyl (C=O) groups is 1. The number of piperidine rings is 1. The Kier molecular flexibility index (Phi) is 6.67. The third-order valence-electron chi connectivity index (χ3n) is 6.54. The van der Waals surface area contributed by atoms with E-state index in [2.05, 4.69) is 14.9 Å². The van der Waals surface area contributed by atoms with Crippen LogP contribution in [0.3, 0.4) is 0 Å². The molecule has 1 aromatic heterocycles. The van der Waals surface area contributed by atoms with Crippen LogP contribution in [0.4, 0.5) is 5.95 Å². The van der Waals surface area contributed by atoms with Crippen LogP contribution in [0.25, 0.3) is 10.9 Å². The number of carbonyl (C=O) groups excluding carboxylic acids is 1. The summed E-state index contributed by atoms with van der Waals surface area (Å²) in [4.78, 5) is 26.7. The van der Waals surface area contributed by atoms with Crippen LogP contribution in [0.2, 0.25) is 0 Å². The van der Waals surface area contributed by atoms with Crippen molar-refractivity contribution in [1.82, 2.24) is 14.9 Å². The predicted octanol–water partition coefficient (Wildman–Crippen LogP) is 2.59. The van der Waals surface area contributed by atoms with E-state index < -0.39 is 9.84 Å². The van der Waals surface area contributed by atoms with Gasteiger partial charge in [-0.2, -0.15) is 0 Å². The van der Waals surface area contributed by atoms with Crippen LogP contribution in [0.1, 0.15) is 38.3 Å². The van der Waals surface area contributed by atoms with Crippen molar-refractivity contribution in [2.24, 2.45) is 5.92 Å². The summed E-state index contributed by atoms with van der Waals surface area (Å²) in [6.07, 6.45) is 4.98. The minimum Gasteiger partial charge on any atom is -0.376 e. The molecule has 4 rings (SSSR count). The summed E-state index contributed by atoms with van der Waals surface area (Å²) in [5.74, 6) is 0.820. The fourth-order valence-electron chi connectivity index (χ4n) is 4.62. The monoisotopic (exact) mass is 460 g/mol. The quantitative estimate of drug-likeness (QED) is 0.654. The van der Waals surface area contributed by atoms with Gasteiger partial charge in [0.15, 0.2) is 9.84 Å². The van der Waals surface area contributed by atoms with Crippen molar-refractivity contribution in [3.63, 3.8) is 0 Å². The molecule has 0 saturated carbocycles. The van der Waals surface area contributed by atoms with E-state index in [4.69, 9.17) is 4.74 Å². The highest BCUT2D eigenvalue weighted by molar-refractivity contribution is 7.90. The van der Waals surface area contributed by atoms with Crippen molar-refractivity contribution in [3.05, 3.63) is 23.9 Å². The highest BCUT2D eigenvalue weighted by Crippen LogP contribution is 2.27. The normalized spacial score (nSPS) is 20.1. The number of anilines is 1. The molecule has 2 aliphatic rings. The average molecular weight is 461 g/mol. The van der Waals surface area contributed by atoms with Gasteiger partial charge in [0.05, 0.1) is 22.2 Å². The molecule has 2 aromatic rings. The van der Waals surface area contributed by atoms with Gasteiger partial charge in [0.2, 0.25) is 11.9 Å². The number of sulfone groups is 1. The van der Waals surface area contributed by atoms with Crippen LogP contribution in [0.15, 0.2) is 23.1 Å². The fraction of sp³-hybridized carbons (Fsp3) is 0.609.